The number of imidazole rings is 1. The summed E-state index contributed by atoms with van der Waals surface area (Å²) in [5.41, 5.74) is 2.76. The Labute approximate surface area is 114 Å². The van der Waals surface area contributed by atoms with Crippen molar-refractivity contribution >= 4 is 0 Å². The summed E-state index contributed by atoms with van der Waals surface area (Å²) in [6, 6.07) is 11.2. The molecule has 1 aliphatic heterocycles. The minimum atomic E-state index is 0.399. The van der Waals surface area contributed by atoms with Gasteiger partial charge in [0.25, 0.3) is 0 Å². The van der Waals surface area contributed by atoms with Gasteiger partial charge in [-0.2, -0.15) is 0 Å². The third kappa shape index (κ3) is 2.43. The van der Waals surface area contributed by atoms with E-state index in [0.29, 0.717) is 12.0 Å². The normalized spacial score (nSPS) is 22.8. The highest BCUT2D eigenvalue weighted by atomic mass is 15.1. The zero-order valence-electron chi connectivity index (χ0n) is 11.4. The fourth-order valence-corrected chi connectivity index (χ4v) is 3.09. The summed E-state index contributed by atoms with van der Waals surface area (Å²) in [7, 11) is 0. The lowest BCUT2D eigenvalue weighted by Crippen LogP contribution is -2.20. The van der Waals surface area contributed by atoms with Crippen LogP contribution in [0.15, 0.2) is 42.9 Å². The predicted octanol–water partition coefficient (Wildman–Crippen LogP) is 3.11. The second-order valence-corrected chi connectivity index (χ2v) is 5.25. The standard InChI is InChI=1S/C16H21N3/c1-2-10-19-12-17-11-15(19)16-14(8-9-18-16)13-6-4-3-5-7-13/h3-7,11-12,14,16,18H,2,8-10H2,1H3. The molecule has 1 aliphatic rings. The SMILES string of the molecule is CCCn1cncc1C1NCCC1c1ccccc1. The minimum Gasteiger partial charge on any atom is -0.333 e. The number of benzene rings is 1. The summed E-state index contributed by atoms with van der Waals surface area (Å²) in [5, 5.41) is 3.65. The van der Waals surface area contributed by atoms with E-state index in [1.54, 1.807) is 0 Å². The summed E-state index contributed by atoms with van der Waals surface area (Å²) < 4.78 is 2.29. The van der Waals surface area contributed by atoms with Crippen molar-refractivity contribution in [3.63, 3.8) is 0 Å². The van der Waals surface area contributed by atoms with Crippen LogP contribution in [-0.2, 0) is 6.54 Å². The first-order valence-corrected chi connectivity index (χ1v) is 7.18. The highest BCUT2D eigenvalue weighted by Gasteiger charge is 2.31. The van der Waals surface area contributed by atoms with Crippen LogP contribution >= 0.6 is 0 Å². The molecule has 2 atom stereocenters. The number of aromatic nitrogens is 2. The molecule has 3 heteroatoms. The molecule has 0 saturated carbocycles. The van der Waals surface area contributed by atoms with E-state index in [1.807, 2.05) is 12.5 Å². The molecule has 1 fully saturated rings. The van der Waals surface area contributed by atoms with Crippen molar-refractivity contribution in [1.82, 2.24) is 14.9 Å². The summed E-state index contributed by atoms with van der Waals surface area (Å²) in [6.45, 7) is 4.34. The van der Waals surface area contributed by atoms with Gasteiger partial charge in [0.15, 0.2) is 0 Å². The summed E-state index contributed by atoms with van der Waals surface area (Å²) >= 11 is 0. The molecule has 1 aromatic carbocycles. The Kier molecular flexibility index (Phi) is 3.65. The Morgan fingerprint density at radius 2 is 2.16 bits per heavy atom. The van der Waals surface area contributed by atoms with Gasteiger partial charge in [0.1, 0.15) is 0 Å². The van der Waals surface area contributed by atoms with Gasteiger partial charge in [0, 0.05) is 18.7 Å². The maximum absolute atomic E-state index is 4.34. The van der Waals surface area contributed by atoms with Crippen molar-refractivity contribution in [2.24, 2.45) is 0 Å². The summed E-state index contributed by atoms with van der Waals surface area (Å²) in [4.78, 5) is 4.34. The summed E-state index contributed by atoms with van der Waals surface area (Å²) in [5.74, 6) is 0.563. The predicted molar refractivity (Wildman–Crippen MR) is 77.1 cm³/mol. The molecule has 19 heavy (non-hydrogen) atoms. The van der Waals surface area contributed by atoms with E-state index < -0.39 is 0 Å². The Hall–Kier alpha value is -1.61. The largest absolute Gasteiger partial charge is 0.333 e. The topological polar surface area (TPSA) is 29.9 Å². The van der Waals surface area contributed by atoms with Crippen LogP contribution in [0.4, 0.5) is 0 Å². The quantitative estimate of drug-likeness (QED) is 0.909. The second-order valence-electron chi connectivity index (χ2n) is 5.25. The molecular formula is C16H21N3. The molecule has 0 aliphatic carbocycles. The van der Waals surface area contributed by atoms with E-state index in [4.69, 9.17) is 0 Å². The first kappa shape index (κ1) is 12.4. The van der Waals surface area contributed by atoms with E-state index in [-0.39, 0.29) is 0 Å². The lowest BCUT2D eigenvalue weighted by molar-refractivity contribution is 0.518. The molecule has 100 valence electrons. The van der Waals surface area contributed by atoms with Crippen LogP contribution in [-0.4, -0.2) is 16.1 Å². The molecule has 0 amide bonds. The third-order valence-electron chi connectivity index (χ3n) is 3.98. The van der Waals surface area contributed by atoms with Crippen LogP contribution in [0.25, 0.3) is 0 Å². The van der Waals surface area contributed by atoms with E-state index in [1.165, 1.54) is 17.7 Å². The molecular weight excluding hydrogens is 234 g/mol. The van der Waals surface area contributed by atoms with Gasteiger partial charge in [0.05, 0.1) is 18.1 Å². The Morgan fingerprint density at radius 3 is 2.95 bits per heavy atom. The van der Waals surface area contributed by atoms with Gasteiger partial charge in [-0.25, -0.2) is 4.98 Å². The maximum atomic E-state index is 4.34. The number of hydrogen-bond acceptors (Lipinski definition) is 2. The first-order chi connectivity index (χ1) is 9.40. The first-order valence-electron chi connectivity index (χ1n) is 7.18. The molecule has 1 aromatic heterocycles. The van der Waals surface area contributed by atoms with Crippen molar-refractivity contribution in [2.45, 2.75) is 38.3 Å². The van der Waals surface area contributed by atoms with Crippen LogP contribution in [0.5, 0.6) is 0 Å². The fourth-order valence-electron chi connectivity index (χ4n) is 3.09. The molecule has 2 heterocycles. The highest BCUT2D eigenvalue weighted by Crippen LogP contribution is 2.37. The lowest BCUT2D eigenvalue weighted by Gasteiger charge is -2.21. The van der Waals surface area contributed by atoms with E-state index in [9.17, 15) is 0 Å². The van der Waals surface area contributed by atoms with Gasteiger partial charge in [-0.1, -0.05) is 37.3 Å². The molecule has 3 rings (SSSR count). The molecule has 1 saturated heterocycles. The Morgan fingerprint density at radius 1 is 1.32 bits per heavy atom. The zero-order valence-corrected chi connectivity index (χ0v) is 11.4. The fraction of sp³-hybridized carbons (Fsp3) is 0.438. The third-order valence-corrected chi connectivity index (χ3v) is 3.98. The van der Waals surface area contributed by atoms with Crippen LogP contribution in [0.3, 0.4) is 0 Å². The zero-order chi connectivity index (χ0) is 13.1. The van der Waals surface area contributed by atoms with Crippen LogP contribution < -0.4 is 5.32 Å². The second kappa shape index (κ2) is 5.57. The molecule has 0 bridgehead atoms. The van der Waals surface area contributed by atoms with Gasteiger partial charge in [-0.3, -0.25) is 0 Å². The molecule has 2 aromatic rings. The molecule has 0 spiro atoms. The molecule has 1 N–H and O–H groups in total. The summed E-state index contributed by atoms with van der Waals surface area (Å²) in [6.07, 6.45) is 6.33. The average Bonchev–Trinajstić information content (AvgIpc) is 3.08. The number of rotatable bonds is 4. The van der Waals surface area contributed by atoms with Crippen LogP contribution in [0.1, 0.15) is 43.0 Å². The molecule has 2 unspecified atom stereocenters. The lowest BCUT2D eigenvalue weighted by atomic mass is 9.90. The van der Waals surface area contributed by atoms with Gasteiger partial charge >= 0.3 is 0 Å². The molecule has 3 nitrogen and oxygen atoms in total. The number of hydrogen-bond donors (Lipinski definition) is 1. The van der Waals surface area contributed by atoms with Gasteiger partial charge in [0.2, 0.25) is 0 Å². The highest BCUT2D eigenvalue weighted by molar-refractivity contribution is 5.26. The Balaban J connectivity index is 1.89. The van der Waals surface area contributed by atoms with Crippen molar-refractivity contribution in [2.75, 3.05) is 6.54 Å². The number of nitrogens with one attached hydrogen (secondary N) is 1. The Bertz CT molecular complexity index is 518. The van der Waals surface area contributed by atoms with Crippen LogP contribution in [0.2, 0.25) is 0 Å². The molecule has 0 radical (unpaired) electrons. The smallest absolute Gasteiger partial charge is 0.0948 e. The van der Waals surface area contributed by atoms with Gasteiger partial charge in [-0.05, 0) is 24.9 Å². The van der Waals surface area contributed by atoms with Crippen LogP contribution in [0, 0.1) is 0 Å². The van der Waals surface area contributed by atoms with E-state index >= 15 is 0 Å². The minimum absolute atomic E-state index is 0.399. The van der Waals surface area contributed by atoms with Crippen molar-refractivity contribution in [3.8, 4) is 0 Å². The van der Waals surface area contributed by atoms with E-state index in [2.05, 4.69) is 52.1 Å². The number of nitrogens with zero attached hydrogens (tertiary/aromatic N) is 2. The van der Waals surface area contributed by atoms with Crippen molar-refractivity contribution in [3.05, 3.63) is 54.1 Å². The average molecular weight is 255 g/mol. The van der Waals surface area contributed by atoms with Gasteiger partial charge in [-0.15, -0.1) is 0 Å². The van der Waals surface area contributed by atoms with Gasteiger partial charge < -0.3 is 9.88 Å². The van der Waals surface area contributed by atoms with Crippen molar-refractivity contribution < 1.29 is 0 Å². The van der Waals surface area contributed by atoms with E-state index in [0.717, 1.165) is 19.5 Å². The number of aryl methyl sites for hydroxylation is 1. The van der Waals surface area contributed by atoms with Crippen molar-refractivity contribution in [1.29, 1.82) is 0 Å². The maximum Gasteiger partial charge on any atom is 0.0948 e. The monoisotopic (exact) mass is 255 g/mol.